The predicted octanol–water partition coefficient (Wildman–Crippen LogP) is 4.73. The maximum atomic E-state index is 5.26. The Hall–Kier alpha value is -2.61. The lowest BCUT2D eigenvalue weighted by atomic mass is 10.0. The van der Waals surface area contributed by atoms with E-state index in [4.69, 9.17) is 4.74 Å². The van der Waals surface area contributed by atoms with Crippen LogP contribution in [0.25, 0.3) is 22.4 Å². The fraction of sp³-hybridized carbons (Fsp3) is 0.105. The monoisotopic (exact) mass is 275 g/mol. The first-order chi connectivity index (χ1) is 10.3. The lowest BCUT2D eigenvalue weighted by molar-refractivity contribution is 0.414. The number of methoxy groups -OCH3 is 1. The fourth-order valence-electron chi connectivity index (χ4n) is 2.44. The van der Waals surface area contributed by atoms with Crippen molar-refractivity contribution in [1.29, 1.82) is 0 Å². The maximum absolute atomic E-state index is 5.26. The van der Waals surface area contributed by atoms with E-state index in [1.807, 2.05) is 42.6 Å². The Labute approximate surface area is 125 Å². The second-order valence-corrected chi connectivity index (χ2v) is 4.98. The molecule has 0 atom stereocenters. The first-order valence-electron chi connectivity index (χ1n) is 6.94. The number of hydrogen-bond donors (Lipinski definition) is 0. The van der Waals surface area contributed by atoms with Gasteiger partial charge in [0.1, 0.15) is 5.75 Å². The molecule has 0 aliphatic carbocycles. The molecule has 0 saturated heterocycles. The number of aryl methyl sites for hydroxylation is 1. The SMILES string of the molecule is COc1ccc(-c2cc(-c3ccccc3)ccn2)c(C)c1. The Morgan fingerprint density at radius 2 is 1.67 bits per heavy atom. The van der Waals surface area contributed by atoms with Crippen molar-refractivity contribution in [3.63, 3.8) is 0 Å². The van der Waals surface area contributed by atoms with Gasteiger partial charge >= 0.3 is 0 Å². The standard InChI is InChI=1S/C19H17NO/c1-14-12-17(21-2)8-9-18(14)19-13-16(10-11-20-19)15-6-4-3-5-7-15/h3-13H,1-2H3. The highest BCUT2D eigenvalue weighted by Crippen LogP contribution is 2.28. The van der Waals surface area contributed by atoms with Crippen molar-refractivity contribution in [2.24, 2.45) is 0 Å². The van der Waals surface area contributed by atoms with Gasteiger partial charge in [-0.1, -0.05) is 30.3 Å². The molecule has 0 N–H and O–H groups in total. The number of nitrogens with zero attached hydrogens (tertiary/aromatic N) is 1. The van der Waals surface area contributed by atoms with Crippen LogP contribution in [0.4, 0.5) is 0 Å². The van der Waals surface area contributed by atoms with E-state index < -0.39 is 0 Å². The van der Waals surface area contributed by atoms with Crippen molar-refractivity contribution in [1.82, 2.24) is 4.98 Å². The minimum Gasteiger partial charge on any atom is -0.497 e. The minimum absolute atomic E-state index is 0.871. The molecule has 0 unspecified atom stereocenters. The average Bonchev–Trinajstić information content (AvgIpc) is 2.55. The molecule has 0 aliphatic rings. The Morgan fingerprint density at radius 3 is 2.38 bits per heavy atom. The number of ether oxygens (including phenoxy) is 1. The zero-order valence-corrected chi connectivity index (χ0v) is 12.2. The van der Waals surface area contributed by atoms with Gasteiger partial charge in [-0.05, 0) is 53.9 Å². The lowest BCUT2D eigenvalue weighted by Crippen LogP contribution is -1.90. The molecule has 3 rings (SSSR count). The summed E-state index contributed by atoms with van der Waals surface area (Å²) in [6, 6.07) is 20.6. The Bertz CT molecular complexity index is 751. The highest BCUT2D eigenvalue weighted by Gasteiger charge is 2.06. The second kappa shape index (κ2) is 5.80. The van der Waals surface area contributed by atoms with Crippen LogP contribution >= 0.6 is 0 Å². The zero-order valence-electron chi connectivity index (χ0n) is 12.2. The van der Waals surface area contributed by atoms with Gasteiger partial charge < -0.3 is 4.74 Å². The van der Waals surface area contributed by atoms with Crippen LogP contribution in [0.2, 0.25) is 0 Å². The summed E-state index contributed by atoms with van der Waals surface area (Å²) in [6.07, 6.45) is 1.86. The van der Waals surface area contributed by atoms with Gasteiger partial charge in [0, 0.05) is 11.8 Å². The topological polar surface area (TPSA) is 22.1 Å². The van der Waals surface area contributed by atoms with Gasteiger partial charge in [0.05, 0.1) is 12.8 Å². The van der Waals surface area contributed by atoms with Crippen molar-refractivity contribution in [3.8, 4) is 28.1 Å². The van der Waals surface area contributed by atoms with Crippen LogP contribution in [0.1, 0.15) is 5.56 Å². The largest absolute Gasteiger partial charge is 0.497 e. The first-order valence-corrected chi connectivity index (χ1v) is 6.94. The van der Waals surface area contributed by atoms with E-state index in [-0.39, 0.29) is 0 Å². The summed E-state index contributed by atoms with van der Waals surface area (Å²) in [7, 11) is 1.68. The summed E-state index contributed by atoms with van der Waals surface area (Å²) in [5.41, 5.74) is 5.65. The highest BCUT2D eigenvalue weighted by molar-refractivity contribution is 5.72. The van der Waals surface area contributed by atoms with E-state index in [2.05, 4.69) is 36.2 Å². The highest BCUT2D eigenvalue weighted by atomic mass is 16.5. The van der Waals surface area contributed by atoms with Crippen LogP contribution in [0, 0.1) is 6.92 Å². The van der Waals surface area contributed by atoms with Crippen molar-refractivity contribution in [2.75, 3.05) is 7.11 Å². The quantitative estimate of drug-likeness (QED) is 0.689. The van der Waals surface area contributed by atoms with Gasteiger partial charge in [0.2, 0.25) is 0 Å². The van der Waals surface area contributed by atoms with Gasteiger partial charge in [0.25, 0.3) is 0 Å². The molecule has 1 heterocycles. The van der Waals surface area contributed by atoms with Crippen LogP contribution in [-0.2, 0) is 0 Å². The summed E-state index contributed by atoms with van der Waals surface area (Å²) in [4.78, 5) is 4.51. The molecule has 1 aromatic heterocycles. The zero-order chi connectivity index (χ0) is 14.7. The molecule has 2 heteroatoms. The maximum Gasteiger partial charge on any atom is 0.119 e. The van der Waals surface area contributed by atoms with E-state index in [0.717, 1.165) is 22.6 Å². The smallest absolute Gasteiger partial charge is 0.119 e. The number of aromatic nitrogens is 1. The van der Waals surface area contributed by atoms with Gasteiger partial charge in [0.15, 0.2) is 0 Å². The minimum atomic E-state index is 0.871. The van der Waals surface area contributed by atoms with Crippen molar-refractivity contribution in [2.45, 2.75) is 6.92 Å². The number of benzene rings is 2. The molecule has 3 aromatic rings. The van der Waals surface area contributed by atoms with Crippen molar-refractivity contribution in [3.05, 3.63) is 72.4 Å². The van der Waals surface area contributed by atoms with Gasteiger partial charge in [-0.15, -0.1) is 0 Å². The van der Waals surface area contributed by atoms with Crippen LogP contribution < -0.4 is 4.74 Å². The van der Waals surface area contributed by atoms with Gasteiger partial charge in [-0.25, -0.2) is 0 Å². The third kappa shape index (κ3) is 2.79. The molecular weight excluding hydrogens is 258 g/mol. The third-order valence-electron chi connectivity index (χ3n) is 3.58. The average molecular weight is 275 g/mol. The number of pyridine rings is 1. The molecule has 0 amide bonds. The van der Waals surface area contributed by atoms with Crippen LogP contribution in [0.15, 0.2) is 66.9 Å². The van der Waals surface area contributed by atoms with E-state index >= 15 is 0 Å². The van der Waals surface area contributed by atoms with Crippen LogP contribution in [0.5, 0.6) is 5.75 Å². The van der Waals surface area contributed by atoms with Gasteiger partial charge in [-0.3, -0.25) is 4.98 Å². The number of rotatable bonds is 3. The molecule has 104 valence electrons. The Morgan fingerprint density at radius 1 is 0.857 bits per heavy atom. The Balaban J connectivity index is 2.04. The molecule has 0 fully saturated rings. The molecular formula is C19H17NO. The normalized spacial score (nSPS) is 10.4. The van der Waals surface area contributed by atoms with E-state index in [1.54, 1.807) is 7.11 Å². The summed E-state index contributed by atoms with van der Waals surface area (Å²) in [6.45, 7) is 2.08. The Kier molecular flexibility index (Phi) is 3.69. The van der Waals surface area contributed by atoms with Crippen LogP contribution in [-0.4, -0.2) is 12.1 Å². The summed E-state index contributed by atoms with van der Waals surface area (Å²) >= 11 is 0. The summed E-state index contributed by atoms with van der Waals surface area (Å²) in [5, 5.41) is 0. The predicted molar refractivity (Wildman–Crippen MR) is 86.4 cm³/mol. The molecule has 21 heavy (non-hydrogen) atoms. The number of hydrogen-bond acceptors (Lipinski definition) is 2. The molecule has 2 nitrogen and oxygen atoms in total. The van der Waals surface area contributed by atoms with E-state index in [9.17, 15) is 0 Å². The lowest BCUT2D eigenvalue weighted by Gasteiger charge is -2.09. The molecule has 0 bridgehead atoms. The summed E-state index contributed by atoms with van der Waals surface area (Å²) in [5.74, 6) is 0.871. The first kappa shape index (κ1) is 13.4. The third-order valence-corrected chi connectivity index (χ3v) is 3.58. The van der Waals surface area contributed by atoms with Crippen molar-refractivity contribution >= 4 is 0 Å². The van der Waals surface area contributed by atoms with E-state index in [0.29, 0.717) is 0 Å². The fourth-order valence-corrected chi connectivity index (χ4v) is 2.44. The van der Waals surface area contributed by atoms with Crippen molar-refractivity contribution < 1.29 is 4.74 Å². The second-order valence-electron chi connectivity index (χ2n) is 4.98. The molecule has 0 saturated carbocycles. The van der Waals surface area contributed by atoms with Gasteiger partial charge in [-0.2, -0.15) is 0 Å². The molecule has 2 aromatic carbocycles. The van der Waals surface area contributed by atoms with E-state index in [1.165, 1.54) is 11.1 Å². The molecule has 0 spiro atoms. The van der Waals surface area contributed by atoms with Crippen LogP contribution in [0.3, 0.4) is 0 Å². The molecule has 0 radical (unpaired) electrons. The molecule has 0 aliphatic heterocycles. The summed E-state index contributed by atoms with van der Waals surface area (Å²) < 4.78 is 5.26.